The van der Waals surface area contributed by atoms with Crippen LogP contribution >= 0.6 is 0 Å². The Labute approximate surface area is 179 Å². The molecule has 30 heavy (non-hydrogen) atoms. The number of anilines is 1. The average Bonchev–Trinajstić information content (AvgIpc) is 2.68. The maximum absolute atomic E-state index is 13.0. The van der Waals surface area contributed by atoms with E-state index < -0.39 is 10.0 Å². The molecular weight excluding hydrogens is 400 g/mol. The van der Waals surface area contributed by atoms with E-state index in [0.29, 0.717) is 18.7 Å². The van der Waals surface area contributed by atoms with E-state index in [1.807, 2.05) is 39.0 Å². The van der Waals surface area contributed by atoms with Crippen molar-refractivity contribution in [1.82, 2.24) is 4.31 Å². The summed E-state index contributed by atoms with van der Waals surface area (Å²) < 4.78 is 33.0. The summed E-state index contributed by atoms with van der Waals surface area (Å²) >= 11 is 0. The van der Waals surface area contributed by atoms with Gasteiger partial charge < -0.3 is 10.1 Å². The molecule has 1 fully saturated rings. The summed E-state index contributed by atoms with van der Waals surface area (Å²) in [5, 5.41) is 2.99. The van der Waals surface area contributed by atoms with Crippen molar-refractivity contribution in [2.45, 2.75) is 57.6 Å². The Bertz CT molecular complexity index is 1010. The molecular formula is C23H30N2O4S. The smallest absolute Gasteiger partial charge is 0.255 e. The zero-order valence-corrected chi connectivity index (χ0v) is 19.0. The third kappa shape index (κ3) is 4.74. The SMILES string of the molecule is Cc1cccc(C(C)C)c1NC(=O)c1ccc(S(=O)(=O)N2CC(C)OC(C)C2)cc1. The third-order valence-corrected chi connectivity index (χ3v) is 7.15. The summed E-state index contributed by atoms with van der Waals surface area (Å²) in [5.74, 6) is 0.00906. The third-order valence-electron chi connectivity index (χ3n) is 5.31. The quantitative estimate of drug-likeness (QED) is 0.773. The zero-order chi connectivity index (χ0) is 22.1. The maximum atomic E-state index is 13.0. The highest BCUT2D eigenvalue weighted by molar-refractivity contribution is 7.89. The van der Waals surface area contributed by atoms with Crippen LogP contribution in [0.3, 0.4) is 0 Å². The number of hydrogen-bond acceptors (Lipinski definition) is 4. The molecule has 162 valence electrons. The van der Waals surface area contributed by atoms with Gasteiger partial charge in [-0.05, 0) is 62.1 Å². The van der Waals surface area contributed by atoms with Crippen LogP contribution in [0.5, 0.6) is 0 Å². The first-order chi connectivity index (χ1) is 14.1. The highest BCUT2D eigenvalue weighted by Crippen LogP contribution is 2.28. The van der Waals surface area contributed by atoms with Gasteiger partial charge in [0.15, 0.2) is 0 Å². The van der Waals surface area contributed by atoms with Crippen LogP contribution in [0.4, 0.5) is 5.69 Å². The van der Waals surface area contributed by atoms with Crippen LogP contribution in [0.2, 0.25) is 0 Å². The topological polar surface area (TPSA) is 75.7 Å². The molecule has 0 radical (unpaired) electrons. The van der Waals surface area contributed by atoms with E-state index in [9.17, 15) is 13.2 Å². The molecule has 0 saturated carbocycles. The number of morpholine rings is 1. The number of aryl methyl sites for hydroxylation is 1. The van der Waals surface area contributed by atoms with Crippen LogP contribution in [0.1, 0.15) is 55.1 Å². The van der Waals surface area contributed by atoms with E-state index in [1.54, 1.807) is 12.1 Å². The molecule has 0 aromatic heterocycles. The molecule has 0 spiro atoms. The summed E-state index contributed by atoms with van der Waals surface area (Å²) in [4.78, 5) is 13.0. The molecule has 1 aliphatic rings. The molecule has 2 atom stereocenters. The fourth-order valence-electron chi connectivity index (χ4n) is 3.78. The fourth-order valence-corrected chi connectivity index (χ4v) is 5.37. The highest BCUT2D eigenvalue weighted by Gasteiger charge is 2.32. The van der Waals surface area contributed by atoms with Crippen LogP contribution in [0.25, 0.3) is 0 Å². The molecule has 6 nitrogen and oxygen atoms in total. The monoisotopic (exact) mass is 430 g/mol. The van der Waals surface area contributed by atoms with E-state index in [1.165, 1.54) is 16.4 Å². The minimum atomic E-state index is -3.63. The van der Waals surface area contributed by atoms with Crippen molar-refractivity contribution in [3.63, 3.8) is 0 Å². The summed E-state index contributed by atoms with van der Waals surface area (Å²) in [6.07, 6.45) is -0.310. The molecule has 2 unspecified atom stereocenters. The predicted octanol–water partition coefficient (Wildman–Crippen LogP) is 4.17. The molecule has 1 saturated heterocycles. The van der Waals surface area contributed by atoms with Crippen LogP contribution in [0, 0.1) is 6.92 Å². The number of carbonyl (C=O) groups is 1. The van der Waals surface area contributed by atoms with Crippen LogP contribution in [-0.4, -0.2) is 43.9 Å². The van der Waals surface area contributed by atoms with E-state index >= 15 is 0 Å². The Balaban J connectivity index is 1.80. The summed E-state index contributed by atoms with van der Waals surface area (Å²) in [6, 6.07) is 12.1. The van der Waals surface area contributed by atoms with Crippen molar-refractivity contribution >= 4 is 21.6 Å². The summed E-state index contributed by atoms with van der Waals surface area (Å²) in [5.41, 5.74) is 3.28. The molecule has 0 bridgehead atoms. The van der Waals surface area contributed by atoms with Crippen molar-refractivity contribution in [1.29, 1.82) is 0 Å². The molecule has 2 aromatic carbocycles. The number of sulfonamides is 1. The van der Waals surface area contributed by atoms with Crippen molar-refractivity contribution in [2.24, 2.45) is 0 Å². The first-order valence-corrected chi connectivity index (χ1v) is 11.7. The number of nitrogens with one attached hydrogen (secondary N) is 1. The maximum Gasteiger partial charge on any atom is 0.255 e. The van der Waals surface area contributed by atoms with Crippen molar-refractivity contribution in [3.05, 3.63) is 59.2 Å². The average molecular weight is 431 g/mol. The van der Waals surface area contributed by atoms with Crippen LogP contribution in [-0.2, 0) is 14.8 Å². The molecule has 1 N–H and O–H groups in total. The lowest BCUT2D eigenvalue weighted by atomic mass is 9.98. The number of carbonyl (C=O) groups excluding carboxylic acids is 1. The van der Waals surface area contributed by atoms with Gasteiger partial charge in [0, 0.05) is 24.3 Å². The molecule has 0 aliphatic carbocycles. The Hall–Kier alpha value is -2.22. The summed E-state index contributed by atoms with van der Waals surface area (Å²) in [6.45, 7) is 10.5. The number of rotatable bonds is 5. The Morgan fingerprint density at radius 3 is 2.23 bits per heavy atom. The van der Waals surface area contributed by atoms with Gasteiger partial charge in [-0.15, -0.1) is 0 Å². The largest absolute Gasteiger partial charge is 0.373 e. The van der Waals surface area contributed by atoms with Crippen molar-refractivity contribution in [2.75, 3.05) is 18.4 Å². The molecule has 1 amide bonds. The first-order valence-electron chi connectivity index (χ1n) is 10.3. The Kier molecular flexibility index (Phi) is 6.65. The molecule has 1 aliphatic heterocycles. The first kappa shape index (κ1) is 22.5. The number of ether oxygens (including phenoxy) is 1. The van der Waals surface area contributed by atoms with E-state index in [2.05, 4.69) is 19.2 Å². The number of amides is 1. The van der Waals surface area contributed by atoms with Gasteiger partial charge in [-0.2, -0.15) is 4.31 Å². The van der Waals surface area contributed by atoms with Gasteiger partial charge >= 0.3 is 0 Å². The fraction of sp³-hybridized carbons (Fsp3) is 0.435. The van der Waals surface area contributed by atoms with Gasteiger partial charge in [0.2, 0.25) is 10.0 Å². The highest BCUT2D eigenvalue weighted by atomic mass is 32.2. The number of para-hydroxylation sites is 1. The molecule has 7 heteroatoms. The number of benzene rings is 2. The van der Waals surface area contributed by atoms with Gasteiger partial charge in [-0.25, -0.2) is 8.42 Å². The summed E-state index contributed by atoms with van der Waals surface area (Å²) in [7, 11) is -3.63. The second kappa shape index (κ2) is 8.88. The van der Waals surface area contributed by atoms with Gasteiger partial charge in [-0.1, -0.05) is 32.0 Å². The van der Waals surface area contributed by atoms with Gasteiger partial charge in [-0.3, -0.25) is 4.79 Å². The van der Waals surface area contributed by atoms with Gasteiger partial charge in [0.1, 0.15) is 0 Å². The van der Waals surface area contributed by atoms with Crippen molar-refractivity contribution < 1.29 is 17.9 Å². The second-order valence-corrected chi connectivity index (χ2v) is 10.2. The van der Waals surface area contributed by atoms with E-state index in [4.69, 9.17) is 4.74 Å². The normalized spacial score (nSPS) is 20.3. The minimum absolute atomic E-state index is 0.155. The number of nitrogens with zero attached hydrogens (tertiary/aromatic N) is 1. The van der Waals surface area contributed by atoms with Crippen LogP contribution in [0.15, 0.2) is 47.4 Å². The predicted molar refractivity (Wildman–Crippen MR) is 118 cm³/mol. The second-order valence-electron chi connectivity index (χ2n) is 8.25. The number of hydrogen-bond donors (Lipinski definition) is 1. The standard InChI is InChI=1S/C23H30N2O4S/c1-15(2)21-8-6-7-16(3)22(21)24-23(26)19-9-11-20(12-10-19)30(27,28)25-13-17(4)29-18(5)14-25/h6-12,15,17-18H,13-14H2,1-5H3,(H,24,26). The Morgan fingerprint density at radius 2 is 1.67 bits per heavy atom. The van der Waals surface area contributed by atoms with Gasteiger partial charge in [0.05, 0.1) is 17.1 Å². The Morgan fingerprint density at radius 1 is 1.07 bits per heavy atom. The molecule has 3 rings (SSSR count). The lowest BCUT2D eigenvalue weighted by Gasteiger charge is -2.34. The molecule has 1 heterocycles. The van der Waals surface area contributed by atoms with E-state index in [-0.39, 0.29) is 28.9 Å². The minimum Gasteiger partial charge on any atom is -0.373 e. The van der Waals surface area contributed by atoms with E-state index in [0.717, 1.165) is 16.8 Å². The van der Waals surface area contributed by atoms with Gasteiger partial charge in [0.25, 0.3) is 5.91 Å². The lowest BCUT2D eigenvalue weighted by molar-refractivity contribution is -0.0440. The van der Waals surface area contributed by atoms with Crippen LogP contribution < -0.4 is 5.32 Å². The van der Waals surface area contributed by atoms with Crippen molar-refractivity contribution in [3.8, 4) is 0 Å². The zero-order valence-electron chi connectivity index (χ0n) is 18.2. The lowest BCUT2D eigenvalue weighted by Crippen LogP contribution is -2.48. The molecule has 2 aromatic rings.